The Balaban J connectivity index is 4.16. The predicted molar refractivity (Wildman–Crippen MR) is 62.5 cm³/mol. The average Bonchev–Trinajstić information content (AvgIpc) is 2.32. The van der Waals surface area contributed by atoms with E-state index < -0.39 is 22.3 Å². The van der Waals surface area contributed by atoms with Gasteiger partial charge in [-0.15, -0.1) is 0 Å². The lowest BCUT2D eigenvalue weighted by molar-refractivity contribution is -0.140. The van der Waals surface area contributed by atoms with Crippen LogP contribution in [-0.2, 0) is 19.7 Å². The molecule has 0 aliphatic carbocycles. The Hall–Kier alpha value is -0.700. The van der Waals surface area contributed by atoms with Crippen molar-refractivity contribution in [3.05, 3.63) is 0 Å². The lowest BCUT2D eigenvalue weighted by atomic mass is 10.3. The monoisotopic (exact) mass is 268 g/mol. The van der Waals surface area contributed by atoms with E-state index in [2.05, 4.69) is 9.46 Å². The first-order valence-corrected chi connectivity index (χ1v) is 6.73. The molecule has 0 rings (SSSR count). The summed E-state index contributed by atoms with van der Waals surface area (Å²) in [6.45, 7) is 1.74. The van der Waals surface area contributed by atoms with Crippen molar-refractivity contribution in [2.45, 2.75) is 25.9 Å². The van der Waals surface area contributed by atoms with Gasteiger partial charge in [0.25, 0.3) is 10.2 Å². The molecule has 0 saturated carbocycles. The highest BCUT2D eigenvalue weighted by atomic mass is 32.2. The zero-order valence-electron chi connectivity index (χ0n) is 10.3. The third-order valence-corrected chi connectivity index (χ3v) is 3.78. The Morgan fingerprint density at radius 3 is 2.59 bits per heavy atom. The molecule has 0 saturated heterocycles. The molecule has 0 aromatic heterocycles. The van der Waals surface area contributed by atoms with E-state index in [-0.39, 0.29) is 19.5 Å². The molecule has 2 N–H and O–H groups in total. The van der Waals surface area contributed by atoms with Crippen molar-refractivity contribution in [2.75, 3.05) is 27.2 Å². The Morgan fingerprint density at radius 1 is 1.53 bits per heavy atom. The van der Waals surface area contributed by atoms with E-state index in [1.807, 2.05) is 0 Å². The molecule has 0 heterocycles. The third-order valence-electron chi connectivity index (χ3n) is 2.24. The van der Waals surface area contributed by atoms with Crippen molar-refractivity contribution in [1.82, 2.24) is 9.03 Å². The van der Waals surface area contributed by atoms with Gasteiger partial charge in [0, 0.05) is 20.1 Å². The fourth-order valence-electron chi connectivity index (χ4n) is 0.927. The highest BCUT2D eigenvalue weighted by molar-refractivity contribution is 7.87. The molecule has 102 valence electrons. The van der Waals surface area contributed by atoms with Gasteiger partial charge in [0.1, 0.15) is 0 Å². The van der Waals surface area contributed by atoms with Crippen molar-refractivity contribution in [3.63, 3.8) is 0 Å². The molecule has 0 aliphatic rings. The number of aliphatic hydroxyl groups is 1. The smallest absolute Gasteiger partial charge is 0.306 e. The first-order chi connectivity index (χ1) is 7.83. The van der Waals surface area contributed by atoms with Crippen LogP contribution >= 0.6 is 0 Å². The molecule has 1 atom stereocenters. The molecular formula is C9H20N2O5S. The van der Waals surface area contributed by atoms with Gasteiger partial charge < -0.3 is 9.84 Å². The van der Waals surface area contributed by atoms with Gasteiger partial charge in [-0.25, -0.2) is 0 Å². The highest BCUT2D eigenvalue weighted by Gasteiger charge is 2.19. The number of carbonyl (C=O) groups excluding carboxylic acids is 1. The maximum Gasteiger partial charge on any atom is 0.306 e. The molecule has 17 heavy (non-hydrogen) atoms. The Kier molecular flexibility index (Phi) is 7.28. The molecule has 0 aromatic rings. The zero-order chi connectivity index (χ0) is 13.5. The Labute approximate surface area is 102 Å². The normalized spacial score (nSPS) is 13.7. The Morgan fingerprint density at radius 2 is 2.12 bits per heavy atom. The van der Waals surface area contributed by atoms with Crippen LogP contribution in [0.15, 0.2) is 0 Å². The van der Waals surface area contributed by atoms with Crippen LogP contribution in [0.25, 0.3) is 0 Å². The number of rotatable bonds is 8. The number of aliphatic hydroxyl groups excluding tert-OH is 1. The van der Waals surface area contributed by atoms with Crippen LogP contribution in [0.1, 0.15) is 19.8 Å². The molecule has 0 bridgehead atoms. The quantitative estimate of drug-likeness (QED) is 0.555. The van der Waals surface area contributed by atoms with Crippen molar-refractivity contribution in [3.8, 4) is 0 Å². The van der Waals surface area contributed by atoms with Crippen LogP contribution < -0.4 is 4.72 Å². The minimum Gasteiger partial charge on any atom is -0.469 e. The second-order valence-corrected chi connectivity index (χ2v) is 5.43. The molecule has 8 heteroatoms. The second kappa shape index (κ2) is 7.59. The van der Waals surface area contributed by atoms with Gasteiger partial charge in [0.05, 0.1) is 19.6 Å². The van der Waals surface area contributed by atoms with E-state index in [9.17, 15) is 18.3 Å². The number of esters is 1. The van der Waals surface area contributed by atoms with Crippen LogP contribution in [0.3, 0.4) is 0 Å². The summed E-state index contributed by atoms with van der Waals surface area (Å²) in [5.74, 6) is -0.472. The topological polar surface area (TPSA) is 95.9 Å². The first kappa shape index (κ1) is 16.3. The average molecular weight is 268 g/mol. The number of ether oxygens (including phenoxy) is 1. The maximum atomic E-state index is 11.6. The molecule has 0 spiro atoms. The minimum atomic E-state index is -3.65. The predicted octanol–water partition coefficient (Wildman–Crippen LogP) is -0.913. The fraction of sp³-hybridized carbons (Fsp3) is 0.889. The number of hydrogen-bond acceptors (Lipinski definition) is 5. The molecule has 0 fully saturated rings. The summed E-state index contributed by atoms with van der Waals surface area (Å²) in [6, 6.07) is 0. The molecule has 0 amide bonds. The van der Waals surface area contributed by atoms with Gasteiger partial charge in [0.2, 0.25) is 0 Å². The van der Waals surface area contributed by atoms with Gasteiger partial charge in [-0.2, -0.15) is 17.4 Å². The first-order valence-electron chi connectivity index (χ1n) is 5.29. The van der Waals surface area contributed by atoms with Crippen LogP contribution in [0.2, 0.25) is 0 Å². The zero-order valence-corrected chi connectivity index (χ0v) is 11.2. The SMILES string of the molecule is CCC(O)CNS(=O)(=O)N(C)CCC(=O)OC. The van der Waals surface area contributed by atoms with Crippen LogP contribution in [-0.4, -0.2) is 57.1 Å². The lowest BCUT2D eigenvalue weighted by Gasteiger charge is -2.18. The van der Waals surface area contributed by atoms with Gasteiger partial charge in [-0.05, 0) is 6.42 Å². The van der Waals surface area contributed by atoms with Gasteiger partial charge in [-0.3, -0.25) is 4.79 Å². The van der Waals surface area contributed by atoms with E-state index in [0.29, 0.717) is 6.42 Å². The van der Waals surface area contributed by atoms with Crippen LogP contribution in [0.4, 0.5) is 0 Å². The minimum absolute atomic E-state index is 0.00968. The number of hydrogen-bond donors (Lipinski definition) is 2. The van der Waals surface area contributed by atoms with E-state index in [4.69, 9.17) is 0 Å². The number of methoxy groups -OCH3 is 1. The second-order valence-electron chi connectivity index (χ2n) is 3.56. The number of carbonyl (C=O) groups is 1. The van der Waals surface area contributed by atoms with E-state index >= 15 is 0 Å². The Bertz CT molecular complexity index is 330. The van der Waals surface area contributed by atoms with Crippen molar-refractivity contribution in [1.29, 1.82) is 0 Å². The summed E-state index contributed by atoms with van der Waals surface area (Å²) < 4.78 is 30.9. The fourth-order valence-corrected chi connectivity index (χ4v) is 1.88. The van der Waals surface area contributed by atoms with E-state index in [0.717, 1.165) is 4.31 Å². The lowest BCUT2D eigenvalue weighted by Crippen LogP contribution is -2.42. The van der Waals surface area contributed by atoms with Crippen molar-refractivity contribution >= 4 is 16.2 Å². The molecule has 1 unspecified atom stereocenters. The van der Waals surface area contributed by atoms with Gasteiger partial charge in [-0.1, -0.05) is 6.92 Å². The summed E-state index contributed by atoms with van der Waals surface area (Å²) in [4.78, 5) is 10.9. The third kappa shape index (κ3) is 6.57. The summed E-state index contributed by atoms with van der Waals surface area (Å²) in [5.41, 5.74) is 0. The summed E-state index contributed by atoms with van der Waals surface area (Å²) in [7, 11) is -1.06. The molecular weight excluding hydrogens is 248 g/mol. The number of nitrogens with zero attached hydrogens (tertiary/aromatic N) is 1. The van der Waals surface area contributed by atoms with E-state index in [1.165, 1.54) is 14.2 Å². The van der Waals surface area contributed by atoms with Crippen LogP contribution in [0, 0.1) is 0 Å². The molecule has 0 aromatic carbocycles. The molecule has 0 radical (unpaired) electrons. The summed E-state index contributed by atoms with van der Waals surface area (Å²) in [5, 5.41) is 9.24. The van der Waals surface area contributed by atoms with Gasteiger partial charge in [0.15, 0.2) is 0 Å². The molecule has 7 nitrogen and oxygen atoms in total. The van der Waals surface area contributed by atoms with Crippen molar-refractivity contribution < 1.29 is 23.1 Å². The van der Waals surface area contributed by atoms with Gasteiger partial charge >= 0.3 is 5.97 Å². The van der Waals surface area contributed by atoms with Crippen LogP contribution in [0.5, 0.6) is 0 Å². The molecule has 0 aliphatic heterocycles. The standard InChI is InChI=1S/C9H20N2O5S/c1-4-8(12)7-10-17(14,15)11(2)6-5-9(13)16-3/h8,10,12H,4-7H2,1-3H3. The van der Waals surface area contributed by atoms with Crippen molar-refractivity contribution in [2.24, 2.45) is 0 Å². The number of nitrogens with one attached hydrogen (secondary N) is 1. The largest absolute Gasteiger partial charge is 0.469 e. The maximum absolute atomic E-state index is 11.6. The summed E-state index contributed by atoms with van der Waals surface area (Å²) >= 11 is 0. The summed E-state index contributed by atoms with van der Waals surface area (Å²) in [6.07, 6.45) is -0.252. The highest BCUT2D eigenvalue weighted by Crippen LogP contribution is 1.98. The van der Waals surface area contributed by atoms with E-state index in [1.54, 1.807) is 6.92 Å².